The lowest BCUT2D eigenvalue weighted by Gasteiger charge is -2.11. The van der Waals surface area contributed by atoms with Crippen molar-refractivity contribution in [1.82, 2.24) is 28.9 Å². The smallest absolute Gasteiger partial charge is 0.323 e. The van der Waals surface area contributed by atoms with Gasteiger partial charge in [-0.25, -0.2) is 4.79 Å². The number of nitrogens with one attached hydrogen (secondary N) is 1. The minimum absolute atomic E-state index is 0.115. The van der Waals surface area contributed by atoms with Gasteiger partial charge in [-0.1, -0.05) is 49.1 Å². The van der Waals surface area contributed by atoms with E-state index in [1.54, 1.807) is 4.57 Å². The average Bonchev–Trinajstić information content (AvgIpc) is 3.38. The number of benzene rings is 1. The highest BCUT2D eigenvalue weighted by atomic mass is 35.5. The summed E-state index contributed by atoms with van der Waals surface area (Å²) in [5, 5.41) is 4.60. The predicted octanol–water partition coefficient (Wildman–Crippen LogP) is 4.22. The summed E-state index contributed by atoms with van der Waals surface area (Å²) in [4.78, 5) is 33.1. The zero-order valence-electron chi connectivity index (χ0n) is 20.0. The SMILES string of the molecule is CCCCCn1c(=O)n(CCCc2cnn(Cc3cc(C)cc(C)c3)c2)c(=O)c2[nH]c(Cl)nc21. The van der Waals surface area contributed by atoms with E-state index in [4.69, 9.17) is 11.6 Å². The molecule has 1 N–H and O–H groups in total. The van der Waals surface area contributed by atoms with E-state index in [9.17, 15) is 9.59 Å². The van der Waals surface area contributed by atoms with Gasteiger partial charge in [0, 0.05) is 19.3 Å². The molecule has 9 heteroatoms. The minimum Gasteiger partial charge on any atom is -0.323 e. The number of hydrogen-bond donors (Lipinski definition) is 1. The van der Waals surface area contributed by atoms with E-state index < -0.39 is 0 Å². The van der Waals surface area contributed by atoms with E-state index >= 15 is 0 Å². The minimum atomic E-state index is -0.378. The lowest BCUT2D eigenvalue weighted by Crippen LogP contribution is -2.40. The van der Waals surface area contributed by atoms with Gasteiger partial charge in [-0.15, -0.1) is 0 Å². The Bertz CT molecular complexity index is 1390. The first-order valence-corrected chi connectivity index (χ1v) is 12.2. The summed E-state index contributed by atoms with van der Waals surface area (Å²) in [5.41, 5.74) is 4.67. The number of imidazole rings is 1. The van der Waals surface area contributed by atoms with Crippen LogP contribution >= 0.6 is 11.6 Å². The summed E-state index contributed by atoms with van der Waals surface area (Å²) in [6.07, 6.45) is 8.12. The molecule has 0 unspecified atom stereocenters. The van der Waals surface area contributed by atoms with Crippen LogP contribution in [0, 0.1) is 13.8 Å². The van der Waals surface area contributed by atoms with Crippen LogP contribution in [0.15, 0.2) is 40.2 Å². The van der Waals surface area contributed by atoms with Crippen LogP contribution in [0.3, 0.4) is 0 Å². The highest BCUT2D eigenvalue weighted by Gasteiger charge is 2.16. The Morgan fingerprint density at radius 3 is 2.44 bits per heavy atom. The van der Waals surface area contributed by atoms with Gasteiger partial charge in [-0.05, 0) is 55.8 Å². The number of hydrogen-bond acceptors (Lipinski definition) is 4. The molecule has 0 amide bonds. The zero-order chi connectivity index (χ0) is 24.2. The molecular formula is C25H31ClN6O2. The summed E-state index contributed by atoms with van der Waals surface area (Å²) >= 11 is 6.02. The Balaban J connectivity index is 1.47. The van der Waals surface area contributed by atoms with Crippen molar-refractivity contribution in [2.45, 2.75) is 72.5 Å². The fraction of sp³-hybridized carbons (Fsp3) is 0.440. The Hall–Kier alpha value is -3.13. The van der Waals surface area contributed by atoms with Crippen molar-refractivity contribution in [2.75, 3.05) is 0 Å². The monoisotopic (exact) mass is 482 g/mol. The Morgan fingerprint density at radius 1 is 0.971 bits per heavy atom. The third kappa shape index (κ3) is 5.33. The standard InChI is InChI=1S/C25H31ClN6O2/c1-4-5-6-9-31-22-21(28-24(26)29-22)23(33)32(25(31)34)10-7-8-19-14-27-30(15-19)16-20-12-17(2)11-18(3)13-20/h11-15H,4-10,16H2,1-3H3,(H,28,29). The predicted molar refractivity (Wildman–Crippen MR) is 135 cm³/mol. The largest absolute Gasteiger partial charge is 0.332 e. The Kier molecular flexibility index (Phi) is 7.36. The molecular weight excluding hydrogens is 452 g/mol. The van der Waals surface area contributed by atoms with Crippen LogP contribution in [-0.2, 0) is 26.1 Å². The van der Waals surface area contributed by atoms with Gasteiger partial charge < -0.3 is 4.98 Å². The number of H-pyrrole nitrogens is 1. The Morgan fingerprint density at radius 2 is 1.71 bits per heavy atom. The average molecular weight is 483 g/mol. The molecule has 0 atom stereocenters. The molecule has 0 saturated heterocycles. The maximum Gasteiger partial charge on any atom is 0.332 e. The topological polar surface area (TPSA) is 90.5 Å². The van der Waals surface area contributed by atoms with E-state index in [0.717, 1.165) is 31.2 Å². The van der Waals surface area contributed by atoms with Gasteiger partial charge in [-0.2, -0.15) is 10.1 Å². The highest BCUT2D eigenvalue weighted by molar-refractivity contribution is 6.28. The number of aromatic amines is 1. The third-order valence-corrected chi connectivity index (χ3v) is 6.16. The number of rotatable bonds is 10. The van der Waals surface area contributed by atoms with Crippen molar-refractivity contribution in [3.8, 4) is 0 Å². The van der Waals surface area contributed by atoms with E-state index in [1.165, 1.54) is 21.3 Å². The fourth-order valence-electron chi connectivity index (χ4n) is 4.47. The van der Waals surface area contributed by atoms with Gasteiger partial charge >= 0.3 is 5.69 Å². The van der Waals surface area contributed by atoms with Crippen LogP contribution in [0.25, 0.3) is 11.2 Å². The second-order valence-electron chi connectivity index (χ2n) is 8.97. The maximum atomic E-state index is 13.1. The van der Waals surface area contributed by atoms with Gasteiger partial charge in [0.25, 0.3) is 5.56 Å². The van der Waals surface area contributed by atoms with Gasteiger partial charge in [0.1, 0.15) is 0 Å². The van der Waals surface area contributed by atoms with Crippen molar-refractivity contribution >= 4 is 22.8 Å². The van der Waals surface area contributed by atoms with Crippen molar-refractivity contribution in [1.29, 1.82) is 0 Å². The number of nitrogens with zero attached hydrogens (tertiary/aromatic N) is 5. The summed E-state index contributed by atoms with van der Waals surface area (Å²) in [7, 11) is 0. The highest BCUT2D eigenvalue weighted by Crippen LogP contribution is 2.13. The van der Waals surface area contributed by atoms with Crippen LogP contribution in [-0.4, -0.2) is 28.9 Å². The number of aromatic nitrogens is 6. The molecule has 3 heterocycles. The van der Waals surface area contributed by atoms with Gasteiger partial charge in [0.2, 0.25) is 5.28 Å². The first-order chi connectivity index (χ1) is 16.4. The second-order valence-corrected chi connectivity index (χ2v) is 9.33. The molecule has 8 nitrogen and oxygen atoms in total. The molecule has 0 aliphatic heterocycles. The molecule has 180 valence electrons. The van der Waals surface area contributed by atoms with Crippen LogP contribution in [0.1, 0.15) is 54.9 Å². The third-order valence-electron chi connectivity index (χ3n) is 5.98. The zero-order valence-corrected chi connectivity index (χ0v) is 20.7. The van der Waals surface area contributed by atoms with Crippen molar-refractivity contribution in [2.24, 2.45) is 0 Å². The van der Waals surface area contributed by atoms with Gasteiger partial charge in [-0.3, -0.25) is 18.6 Å². The second kappa shape index (κ2) is 10.4. The molecule has 1 aromatic carbocycles. The summed E-state index contributed by atoms with van der Waals surface area (Å²) in [6.45, 7) is 7.84. The molecule has 0 bridgehead atoms. The molecule has 0 radical (unpaired) electrons. The lowest BCUT2D eigenvalue weighted by molar-refractivity contribution is 0.526. The Labute approximate surface area is 203 Å². The molecule has 0 spiro atoms. The van der Waals surface area contributed by atoms with Gasteiger partial charge in [0.15, 0.2) is 11.2 Å². The normalized spacial score (nSPS) is 11.5. The molecule has 3 aromatic heterocycles. The molecule has 4 aromatic rings. The number of halogens is 1. The van der Waals surface area contributed by atoms with Crippen LogP contribution < -0.4 is 11.2 Å². The fourth-order valence-corrected chi connectivity index (χ4v) is 4.64. The molecule has 0 saturated carbocycles. The first kappa shape index (κ1) is 24.0. The number of aryl methyl sites for hydroxylation is 4. The van der Waals surface area contributed by atoms with Crippen molar-refractivity contribution in [3.05, 3.63) is 79.0 Å². The van der Waals surface area contributed by atoms with Crippen molar-refractivity contribution < 1.29 is 0 Å². The lowest BCUT2D eigenvalue weighted by atomic mass is 10.1. The first-order valence-electron chi connectivity index (χ1n) is 11.8. The molecule has 34 heavy (non-hydrogen) atoms. The maximum absolute atomic E-state index is 13.1. The van der Waals surface area contributed by atoms with Crippen LogP contribution in [0.4, 0.5) is 0 Å². The van der Waals surface area contributed by atoms with E-state index in [-0.39, 0.29) is 22.0 Å². The summed E-state index contributed by atoms with van der Waals surface area (Å²) < 4.78 is 4.79. The van der Waals surface area contributed by atoms with Crippen molar-refractivity contribution in [3.63, 3.8) is 0 Å². The van der Waals surface area contributed by atoms with Crippen LogP contribution in [0.2, 0.25) is 5.28 Å². The number of unbranched alkanes of at least 4 members (excludes halogenated alkanes) is 2. The van der Waals surface area contributed by atoms with E-state index in [2.05, 4.69) is 54.0 Å². The van der Waals surface area contributed by atoms with E-state index in [1.807, 2.05) is 17.1 Å². The summed E-state index contributed by atoms with van der Waals surface area (Å²) in [6, 6.07) is 6.50. The van der Waals surface area contributed by atoms with Crippen LogP contribution in [0.5, 0.6) is 0 Å². The molecule has 0 aliphatic rings. The molecule has 4 rings (SSSR count). The van der Waals surface area contributed by atoms with E-state index in [0.29, 0.717) is 31.7 Å². The van der Waals surface area contributed by atoms with Gasteiger partial charge in [0.05, 0.1) is 12.7 Å². The molecule has 0 aliphatic carbocycles. The quantitative estimate of drug-likeness (QED) is 0.270. The number of fused-ring (bicyclic) bond motifs is 1. The summed E-state index contributed by atoms with van der Waals surface area (Å²) in [5.74, 6) is 0. The molecule has 0 fully saturated rings.